The summed E-state index contributed by atoms with van der Waals surface area (Å²) in [6, 6.07) is 31.1. The number of hydrogen-bond acceptors (Lipinski definition) is 2. The fraction of sp³-hybridized carbons (Fsp3) is 0.0938. The Kier molecular flexibility index (Phi) is 3.47. The van der Waals surface area contributed by atoms with Crippen molar-refractivity contribution >= 4 is 49.3 Å². The molecule has 0 spiro atoms. The van der Waals surface area contributed by atoms with Crippen molar-refractivity contribution in [2.24, 2.45) is 4.99 Å². The number of fused-ring (bicyclic) bond motifs is 11. The van der Waals surface area contributed by atoms with E-state index in [4.69, 9.17) is 4.99 Å². The molecule has 0 bridgehead atoms. The molecule has 2 aliphatic heterocycles. The number of aromatic nitrogens is 2. The molecule has 4 nitrogen and oxygen atoms in total. The lowest BCUT2D eigenvalue weighted by molar-refractivity contribution is 0.437. The van der Waals surface area contributed by atoms with Gasteiger partial charge in [0.25, 0.3) is 0 Å². The second-order valence-corrected chi connectivity index (χ2v) is 9.99. The first-order valence-corrected chi connectivity index (χ1v) is 12.6. The fourth-order valence-corrected chi connectivity index (χ4v) is 6.74. The molecular formula is C32H22N4. The van der Waals surface area contributed by atoms with E-state index in [1.54, 1.807) is 0 Å². The lowest BCUT2D eigenvalue weighted by Crippen LogP contribution is -2.47. The second-order valence-electron chi connectivity index (χ2n) is 9.99. The van der Waals surface area contributed by atoms with E-state index >= 15 is 0 Å². The van der Waals surface area contributed by atoms with Crippen LogP contribution in [0.25, 0.3) is 49.3 Å². The number of benzene rings is 4. The van der Waals surface area contributed by atoms with Crippen LogP contribution in [-0.2, 0) is 0 Å². The standard InChI is InChI=1S/C32H22N4/c1-2-10-19(11-3-1)35-25-16-8-4-12-20(25)28-27(35)18-22-30-32(34-24-15-7-6-14-23(24)33-30)36-26-17-9-5-13-21(26)29(28)31(22)36/h1-18,23-24,32,34H. The molecule has 0 fully saturated rings. The molecule has 9 rings (SSSR count). The van der Waals surface area contributed by atoms with Crippen molar-refractivity contribution in [1.82, 2.24) is 14.5 Å². The number of allylic oxidation sites excluding steroid dienone is 2. The molecule has 1 N–H and O–H groups in total. The van der Waals surface area contributed by atoms with Gasteiger partial charge in [0.05, 0.1) is 39.9 Å². The minimum absolute atomic E-state index is 0.0303. The number of hydrogen-bond donors (Lipinski definition) is 1. The van der Waals surface area contributed by atoms with Gasteiger partial charge in [-0.05, 0) is 30.3 Å². The Balaban J connectivity index is 1.51. The van der Waals surface area contributed by atoms with Crippen LogP contribution < -0.4 is 5.32 Å². The van der Waals surface area contributed by atoms with E-state index in [0.717, 1.165) is 5.71 Å². The molecule has 2 aromatic heterocycles. The average Bonchev–Trinajstić information content (AvgIpc) is 3.56. The van der Waals surface area contributed by atoms with Crippen molar-refractivity contribution in [2.75, 3.05) is 0 Å². The third-order valence-corrected chi connectivity index (χ3v) is 8.16. The molecule has 4 aromatic carbocycles. The number of para-hydroxylation sites is 3. The highest BCUT2D eigenvalue weighted by Gasteiger charge is 2.40. The molecule has 0 amide bonds. The van der Waals surface area contributed by atoms with Crippen molar-refractivity contribution in [3.63, 3.8) is 0 Å². The van der Waals surface area contributed by atoms with E-state index in [9.17, 15) is 0 Å². The van der Waals surface area contributed by atoms with Crippen LogP contribution in [0.1, 0.15) is 11.7 Å². The highest BCUT2D eigenvalue weighted by molar-refractivity contribution is 6.34. The van der Waals surface area contributed by atoms with Crippen LogP contribution in [0.2, 0.25) is 0 Å². The van der Waals surface area contributed by atoms with Gasteiger partial charge in [-0.2, -0.15) is 0 Å². The summed E-state index contributed by atoms with van der Waals surface area (Å²) in [5, 5.41) is 9.16. The number of aliphatic imine (C=N–C) groups is 1. The summed E-state index contributed by atoms with van der Waals surface area (Å²) < 4.78 is 4.91. The minimum Gasteiger partial charge on any atom is -0.318 e. The predicted molar refractivity (Wildman–Crippen MR) is 148 cm³/mol. The second kappa shape index (κ2) is 6.62. The SMILES string of the molecule is C1=CC2N=C3c4cc5c(c6ccccc6n5-c5ccccc5)c5c6ccccc6n(c45)C3NC2C=C1. The predicted octanol–water partition coefficient (Wildman–Crippen LogP) is 6.66. The normalized spacial score (nSPS) is 22.0. The van der Waals surface area contributed by atoms with Crippen LogP contribution in [0.5, 0.6) is 0 Å². The number of nitrogens with one attached hydrogen (secondary N) is 1. The van der Waals surface area contributed by atoms with Crippen LogP contribution >= 0.6 is 0 Å². The molecule has 0 radical (unpaired) electrons. The highest BCUT2D eigenvalue weighted by Crippen LogP contribution is 2.48. The average molecular weight is 463 g/mol. The van der Waals surface area contributed by atoms with E-state index in [0.29, 0.717) is 0 Å². The van der Waals surface area contributed by atoms with E-state index in [1.807, 2.05) is 0 Å². The number of nitrogens with zero attached hydrogens (tertiary/aromatic N) is 3. The monoisotopic (exact) mass is 462 g/mol. The van der Waals surface area contributed by atoms with Crippen molar-refractivity contribution in [1.29, 1.82) is 0 Å². The van der Waals surface area contributed by atoms with Crippen molar-refractivity contribution in [2.45, 2.75) is 18.2 Å². The van der Waals surface area contributed by atoms with Crippen LogP contribution in [0.3, 0.4) is 0 Å². The Morgan fingerprint density at radius 3 is 2.28 bits per heavy atom. The maximum Gasteiger partial charge on any atom is 0.128 e. The van der Waals surface area contributed by atoms with Crippen LogP contribution in [-0.4, -0.2) is 26.9 Å². The zero-order chi connectivity index (χ0) is 23.4. The summed E-state index contributed by atoms with van der Waals surface area (Å²) in [4.78, 5) is 5.33. The first-order chi connectivity index (χ1) is 17.9. The summed E-state index contributed by atoms with van der Waals surface area (Å²) in [7, 11) is 0. The van der Waals surface area contributed by atoms with Gasteiger partial charge < -0.3 is 9.13 Å². The molecule has 3 aliphatic rings. The zero-order valence-corrected chi connectivity index (χ0v) is 19.5. The molecule has 6 aromatic rings. The molecule has 170 valence electrons. The Morgan fingerprint density at radius 2 is 1.42 bits per heavy atom. The van der Waals surface area contributed by atoms with Gasteiger partial charge in [-0.1, -0.05) is 78.9 Å². The molecule has 0 saturated carbocycles. The smallest absolute Gasteiger partial charge is 0.128 e. The summed E-state index contributed by atoms with van der Waals surface area (Å²) in [5.74, 6) is 0. The number of rotatable bonds is 1. The van der Waals surface area contributed by atoms with Crippen LogP contribution in [0, 0.1) is 0 Å². The van der Waals surface area contributed by atoms with Crippen molar-refractivity contribution < 1.29 is 0 Å². The van der Waals surface area contributed by atoms with Crippen LogP contribution in [0.4, 0.5) is 0 Å². The van der Waals surface area contributed by atoms with E-state index in [2.05, 4.69) is 124 Å². The fourth-order valence-electron chi connectivity index (χ4n) is 6.74. The first kappa shape index (κ1) is 18.9. The van der Waals surface area contributed by atoms with Gasteiger partial charge in [-0.25, -0.2) is 0 Å². The van der Waals surface area contributed by atoms with Crippen molar-refractivity contribution in [3.05, 3.63) is 115 Å². The minimum atomic E-state index is 0.0303. The van der Waals surface area contributed by atoms with E-state index in [-0.39, 0.29) is 18.2 Å². The van der Waals surface area contributed by atoms with Gasteiger partial charge in [-0.3, -0.25) is 10.3 Å². The molecule has 4 heteroatoms. The summed E-state index contributed by atoms with van der Waals surface area (Å²) in [6.45, 7) is 0. The topological polar surface area (TPSA) is 34.2 Å². The quantitative estimate of drug-likeness (QED) is 0.291. The summed E-state index contributed by atoms with van der Waals surface area (Å²) >= 11 is 0. The molecule has 36 heavy (non-hydrogen) atoms. The van der Waals surface area contributed by atoms with Gasteiger partial charge in [-0.15, -0.1) is 0 Å². The Labute approximate surface area is 207 Å². The molecule has 4 heterocycles. The summed E-state index contributed by atoms with van der Waals surface area (Å²) in [6.07, 6.45) is 8.73. The highest BCUT2D eigenvalue weighted by atomic mass is 15.3. The summed E-state index contributed by atoms with van der Waals surface area (Å²) in [5.41, 5.74) is 8.59. The maximum atomic E-state index is 5.33. The van der Waals surface area contributed by atoms with Gasteiger partial charge in [0.1, 0.15) is 6.17 Å². The Hall–Kier alpha value is -4.41. The van der Waals surface area contributed by atoms with E-state index < -0.39 is 0 Å². The molecule has 0 saturated heterocycles. The van der Waals surface area contributed by atoms with E-state index in [1.165, 1.54) is 54.9 Å². The molecule has 3 unspecified atom stereocenters. The van der Waals surface area contributed by atoms with Crippen molar-refractivity contribution in [3.8, 4) is 5.69 Å². The van der Waals surface area contributed by atoms with Crippen LogP contribution in [0.15, 0.2) is 114 Å². The Bertz CT molecular complexity index is 1980. The third kappa shape index (κ3) is 2.21. The lowest BCUT2D eigenvalue weighted by Gasteiger charge is -2.33. The third-order valence-electron chi connectivity index (χ3n) is 8.16. The van der Waals surface area contributed by atoms with Gasteiger partial charge in [0.15, 0.2) is 0 Å². The molecule has 3 atom stereocenters. The Morgan fingerprint density at radius 1 is 0.694 bits per heavy atom. The van der Waals surface area contributed by atoms with Gasteiger partial charge in [0.2, 0.25) is 0 Å². The first-order valence-electron chi connectivity index (χ1n) is 12.6. The maximum absolute atomic E-state index is 5.33. The molecular weight excluding hydrogens is 440 g/mol. The molecule has 1 aliphatic carbocycles. The zero-order valence-electron chi connectivity index (χ0n) is 19.5. The lowest BCUT2D eigenvalue weighted by atomic mass is 9.96. The van der Waals surface area contributed by atoms with Gasteiger partial charge in [0, 0.05) is 32.8 Å². The largest absolute Gasteiger partial charge is 0.318 e. The van der Waals surface area contributed by atoms with Gasteiger partial charge >= 0.3 is 0 Å².